The van der Waals surface area contributed by atoms with Crippen molar-refractivity contribution in [3.63, 3.8) is 0 Å². The third kappa shape index (κ3) is 3.05. The number of rotatable bonds is 4. The van der Waals surface area contributed by atoms with Gasteiger partial charge in [-0.1, -0.05) is 0 Å². The molecule has 1 aromatic heterocycles. The lowest BCUT2D eigenvalue weighted by Crippen LogP contribution is -2.46. The Morgan fingerprint density at radius 3 is 3.11 bits per heavy atom. The van der Waals surface area contributed by atoms with Crippen molar-refractivity contribution in [2.75, 3.05) is 36.9 Å². The molecule has 7 heteroatoms. The number of ether oxygens (including phenoxy) is 1. The zero-order chi connectivity index (χ0) is 13.0. The maximum absolute atomic E-state index is 13.9. The molecule has 6 nitrogen and oxygen atoms in total. The first-order valence-corrected chi connectivity index (χ1v) is 5.90. The van der Waals surface area contributed by atoms with E-state index < -0.39 is 12.3 Å². The van der Waals surface area contributed by atoms with E-state index >= 15 is 0 Å². The Morgan fingerprint density at radius 2 is 2.44 bits per heavy atom. The van der Waals surface area contributed by atoms with Crippen molar-refractivity contribution in [2.45, 2.75) is 18.7 Å². The van der Waals surface area contributed by atoms with Gasteiger partial charge in [0, 0.05) is 12.7 Å². The molecule has 2 atom stereocenters. The minimum atomic E-state index is -1.12. The van der Waals surface area contributed by atoms with E-state index in [4.69, 9.17) is 15.6 Å². The first kappa shape index (κ1) is 13.0. The Labute approximate surface area is 105 Å². The van der Waals surface area contributed by atoms with Gasteiger partial charge in [-0.2, -0.15) is 4.98 Å². The van der Waals surface area contributed by atoms with Crippen LogP contribution in [-0.4, -0.2) is 53.7 Å². The summed E-state index contributed by atoms with van der Waals surface area (Å²) in [5.41, 5.74) is 5.57. The quantitative estimate of drug-likeness (QED) is 0.788. The van der Waals surface area contributed by atoms with Gasteiger partial charge in [0.2, 0.25) is 5.95 Å². The third-order valence-electron chi connectivity index (χ3n) is 2.85. The van der Waals surface area contributed by atoms with Crippen molar-refractivity contribution >= 4 is 11.8 Å². The van der Waals surface area contributed by atoms with E-state index in [0.717, 1.165) is 0 Å². The first-order valence-electron chi connectivity index (χ1n) is 5.90. The van der Waals surface area contributed by atoms with Gasteiger partial charge in [0.25, 0.3) is 0 Å². The molecule has 0 aromatic carbocycles. The van der Waals surface area contributed by atoms with Crippen LogP contribution in [0.3, 0.4) is 0 Å². The van der Waals surface area contributed by atoms with E-state index in [9.17, 15) is 4.39 Å². The number of nitrogen functional groups attached to an aromatic ring is 1. The summed E-state index contributed by atoms with van der Waals surface area (Å²) < 4.78 is 19.1. The zero-order valence-electron chi connectivity index (χ0n) is 10.00. The standard InChI is InChI=1S/C11H17FN4O2/c12-8-7-16(4-2-9(8)18-6-5-17)11-14-3-1-10(13)15-11/h1,3,8-9,17H,2,4-7H2,(H2,13,14,15)/t8-,9?/m0/s1. The molecule has 1 aliphatic heterocycles. The minimum Gasteiger partial charge on any atom is -0.394 e. The largest absolute Gasteiger partial charge is 0.394 e. The van der Waals surface area contributed by atoms with Crippen LogP contribution < -0.4 is 10.6 Å². The Balaban J connectivity index is 1.95. The zero-order valence-corrected chi connectivity index (χ0v) is 10.00. The number of alkyl halides is 1. The van der Waals surface area contributed by atoms with Crippen LogP contribution >= 0.6 is 0 Å². The lowest BCUT2D eigenvalue weighted by atomic mass is 10.1. The average Bonchev–Trinajstić information content (AvgIpc) is 2.37. The van der Waals surface area contributed by atoms with Crippen molar-refractivity contribution in [3.05, 3.63) is 12.3 Å². The van der Waals surface area contributed by atoms with Gasteiger partial charge in [0.1, 0.15) is 12.0 Å². The van der Waals surface area contributed by atoms with Gasteiger partial charge in [-0.15, -0.1) is 0 Å². The Bertz CT molecular complexity index is 393. The van der Waals surface area contributed by atoms with Gasteiger partial charge < -0.3 is 20.5 Å². The SMILES string of the molecule is Nc1ccnc(N2CCC(OCCO)[C@@H](F)C2)n1. The summed E-state index contributed by atoms with van der Waals surface area (Å²) in [5.74, 6) is 0.812. The number of nitrogens with two attached hydrogens (primary N) is 1. The molecule has 0 bridgehead atoms. The fraction of sp³-hybridized carbons (Fsp3) is 0.636. The van der Waals surface area contributed by atoms with Crippen LogP contribution in [0.15, 0.2) is 12.3 Å². The molecule has 1 aromatic rings. The van der Waals surface area contributed by atoms with Crippen LogP contribution in [0.4, 0.5) is 16.2 Å². The summed E-state index contributed by atoms with van der Waals surface area (Å²) in [6.07, 6.45) is 0.517. The fourth-order valence-corrected chi connectivity index (χ4v) is 1.97. The van der Waals surface area contributed by atoms with Gasteiger partial charge in [-0.05, 0) is 12.5 Å². The predicted molar refractivity (Wildman–Crippen MR) is 65.0 cm³/mol. The van der Waals surface area contributed by atoms with E-state index in [1.165, 1.54) is 0 Å². The predicted octanol–water partition coefficient (Wildman–Crippen LogP) is -0.0155. The molecular weight excluding hydrogens is 239 g/mol. The number of aliphatic hydroxyl groups is 1. The highest BCUT2D eigenvalue weighted by Crippen LogP contribution is 2.21. The third-order valence-corrected chi connectivity index (χ3v) is 2.85. The summed E-state index contributed by atoms with van der Waals surface area (Å²) in [4.78, 5) is 9.89. The maximum atomic E-state index is 13.9. The van der Waals surface area contributed by atoms with Crippen LogP contribution in [0.5, 0.6) is 0 Å². The number of hydrogen-bond acceptors (Lipinski definition) is 6. The molecule has 100 valence electrons. The molecule has 2 heterocycles. The normalized spacial score (nSPS) is 24.2. The van der Waals surface area contributed by atoms with E-state index in [2.05, 4.69) is 9.97 Å². The average molecular weight is 256 g/mol. The van der Waals surface area contributed by atoms with Crippen molar-refractivity contribution in [1.82, 2.24) is 9.97 Å². The number of nitrogens with zero attached hydrogens (tertiary/aromatic N) is 3. The molecule has 0 saturated carbocycles. The number of anilines is 2. The van der Waals surface area contributed by atoms with E-state index in [1.807, 2.05) is 0 Å². The van der Waals surface area contributed by atoms with Crippen LogP contribution in [0.25, 0.3) is 0 Å². The lowest BCUT2D eigenvalue weighted by Gasteiger charge is -2.34. The van der Waals surface area contributed by atoms with E-state index in [1.54, 1.807) is 17.2 Å². The number of aromatic nitrogens is 2. The monoisotopic (exact) mass is 256 g/mol. The number of halogens is 1. The first-order chi connectivity index (χ1) is 8.70. The second-order valence-corrected chi connectivity index (χ2v) is 4.17. The summed E-state index contributed by atoms with van der Waals surface area (Å²) in [6, 6.07) is 1.59. The topological polar surface area (TPSA) is 84.5 Å². The Kier molecular flexibility index (Phi) is 4.27. The fourth-order valence-electron chi connectivity index (χ4n) is 1.97. The van der Waals surface area contributed by atoms with Crippen molar-refractivity contribution in [3.8, 4) is 0 Å². The second-order valence-electron chi connectivity index (χ2n) is 4.17. The number of hydrogen-bond donors (Lipinski definition) is 2. The molecule has 3 N–H and O–H groups in total. The molecular formula is C11H17FN4O2. The number of piperidine rings is 1. The van der Waals surface area contributed by atoms with Crippen LogP contribution in [-0.2, 0) is 4.74 Å². The smallest absolute Gasteiger partial charge is 0.227 e. The van der Waals surface area contributed by atoms with Gasteiger partial charge in [-0.3, -0.25) is 0 Å². The Hall–Kier alpha value is -1.47. The Morgan fingerprint density at radius 1 is 1.61 bits per heavy atom. The molecule has 0 radical (unpaired) electrons. The highest BCUT2D eigenvalue weighted by atomic mass is 19.1. The van der Waals surface area contributed by atoms with Gasteiger partial charge in [0.05, 0.1) is 25.9 Å². The maximum Gasteiger partial charge on any atom is 0.227 e. The van der Waals surface area contributed by atoms with Crippen molar-refractivity contribution < 1.29 is 14.2 Å². The van der Waals surface area contributed by atoms with Crippen LogP contribution in [0.1, 0.15) is 6.42 Å². The number of aliphatic hydroxyl groups excluding tert-OH is 1. The second kappa shape index (κ2) is 5.92. The highest BCUT2D eigenvalue weighted by molar-refractivity contribution is 5.38. The summed E-state index contributed by atoms with van der Waals surface area (Å²) in [7, 11) is 0. The summed E-state index contributed by atoms with van der Waals surface area (Å²) >= 11 is 0. The lowest BCUT2D eigenvalue weighted by molar-refractivity contribution is -0.0262. The molecule has 0 spiro atoms. The van der Waals surface area contributed by atoms with Gasteiger partial charge in [-0.25, -0.2) is 9.37 Å². The molecule has 0 amide bonds. The van der Waals surface area contributed by atoms with E-state index in [0.29, 0.717) is 24.7 Å². The minimum absolute atomic E-state index is 0.0920. The molecule has 1 fully saturated rings. The summed E-state index contributed by atoms with van der Waals surface area (Å²) in [5, 5.41) is 8.65. The molecule has 0 aliphatic carbocycles. The van der Waals surface area contributed by atoms with Crippen molar-refractivity contribution in [1.29, 1.82) is 0 Å². The molecule has 2 rings (SSSR count). The molecule has 1 saturated heterocycles. The van der Waals surface area contributed by atoms with Gasteiger partial charge >= 0.3 is 0 Å². The van der Waals surface area contributed by atoms with Crippen LogP contribution in [0, 0.1) is 0 Å². The highest BCUT2D eigenvalue weighted by Gasteiger charge is 2.30. The molecule has 1 unspecified atom stereocenters. The molecule has 18 heavy (non-hydrogen) atoms. The van der Waals surface area contributed by atoms with E-state index in [-0.39, 0.29) is 19.8 Å². The van der Waals surface area contributed by atoms with Crippen molar-refractivity contribution in [2.24, 2.45) is 0 Å². The molecule has 1 aliphatic rings. The van der Waals surface area contributed by atoms with Crippen LogP contribution in [0.2, 0.25) is 0 Å². The van der Waals surface area contributed by atoms with Gasteiger partial charge in [0.15, 0.2) is 0 Å². The summed E-state index contributed by atoms with van der Waals surface area (Å²) in [6.45, 7) is 0.866.